The van der Waals surface area contributed by atoms with E-state index in [4.69, 9.17) is 0 Å². The van der Waals surface area contributed by atoms with E-state index in [1.807, 2.05) is 7.05 Å². The molecule has 24 heavy (non-hydrogen) atoms. The van der Waals surface area contributed by atoms with Crippen LogP contribution in [0.15, 0.2) is 4.99 Å². The van der Waals surface area contributed by atoms with Crippen LogP contribution in [0.4, 0.5) is 0 Å². The first-order valence-electron chi connectivity index (χ1n) is 8.84. The molecule has 2 rings (SSSR count). The Morgan fingerprint density at radius 3 is 2.50 bits per heavy atom. The highest BCUT2D eigenvalue weighted by Gasteiger charge is 2.20. The van der Waals surface area contributed by atoms with Crippen molar-refractivity contribution in [1.29, 1.82) is 0 Å². The maximum absolute atomic E-state index is 4.50. The van der Waals surface area contributed by atoms with E-state index in [1.165, 1.54) is 36.3 Å². The summed E-state index contributed by atoms with van der Waals surface area (Å²) in [4.78, 5) is 12.6. The predicted molar refractivity (Wildman–Crippen MR) is 116 cm³/mol. The summed E-state index contributed by atoms with van der Waals surface area (Å²) >= 11 is 1.81. The van der Waals surface area contributed by atoms with Crippen molar-refractivity contribution in [2.24, 2.45) is 16.8 Å². The molecule has 0 saturated heterocycles. The zero-order valence-electron chi connectivity index (χ0n) is 15.8. The summed E-state index contributed by atoms with van der Waals surface area (Å²) in [6.07, 6.45) is 6.51. The smallest absolute Gasteiger partial charge is 0.193 e. The fraction of sp³-hybridized carbons (Fsp3) is 0.778. The largest absolute Gasteiger partial charge is 0.356 e. The van der Waals surface area contributed by atoms with Crippen LogP contribution in [0, 0.1) is 25.7 Å². The van der Waals surface area contributed by atoms with Crippen molar-refractivity contribution in [2.75, 3.05) is 27.2 Å². The number of thiazole rings is 1. The maximum Gasteiger partial charge on any atom is 0.193 e. The second-order valence-electron chi connectivity index (χ2n) is 6.97. The number of rotatable bonds is 5. The van der Waals surface area contributed by atoms with Crippen LogP contribution in [0.2, 0.25) is 0 Å². The van der Waals surface area contributed by atoms with E-state index in [-0.39, 0.29) is 24.0 Å². The molecule has 0 spiro atoms. The maximum atomic E-state index is 4.50. The minimum Gasteiger partial charge on any atom is -0.356 e. The van der Waals surface area contributed by atoms with Crippen molar-refractivity contribution in [3.05, 3.63) is 15.6 Å². The summed E-state index contributed by atoms with van der Waals surface area (Å²) in [5.41, 5.74) is 1.17. The third kappa shape index (κ3) is 6.50. The van der Waals surface area contributed by atoms with Gasteiger partial charge in [-0.3, -0.25) is 4.99 Å². The van der Waals surface area contributed by atoms with Crippen LogP contribution < -0.4 is 5.32 Å². The van der Waals surface area contributed by atoms with E-state index in [9.17, 15) is 0 Å². The molecular weight excluding hydrogens is 431 g/mol. The molecule has 0 amide bonds. The van der Waals surface area contributed by atoms with Crippen LogP contribution in [0.3, 0.4) is 0 Å². The SMILES string of the molecule is CN=C(NCCc1sc(C)nc1C)N(C)CC1CCC(C)CC1.I. The van der Waals surface area contributed by atoms with Gasteiger partial charge in [0.2, 0.25) is 0 Å². The van der Waals surface area contributed by atoms with Gasteiger partial charge in [0.05, 0.1) is 10.7 Å². The lowest BCUT2D eigenvalue weighted by atomic mass is 9.83. The Balaban J connectivity index is 0.00000288. The summed E-state index contributed by atoms with van der Waals surface area (Å²) in [6.45, 7) is 8.59. The standard InChI is InChI=1S/C18H32N4S.HI/c1-13-6-8-16(9-7-13)12-22(5)18(19-4)20-11-10-17-14(2)21-15(3)23-17;/h13,16H,6-12H2,1-5H3,(H,19,20);1H. The minimum absolute atomic E-state index is 0. The van der Waals surface area contributed by atoms with Crippen LogP contribution in [-0.2, 0) is 6.42 Å². The summed E-state index contributed by atoms with van der Waals surface area (Å²) in [7, 11) is 4.04. The highest BCUT2D eigenvalue weighted by Crippen LogP contribution is 2.28. The van der Waals surface area contributed by atoms with E-state index in [1.54, 1.807) is 11.3 Å². The van der Waals surface area contributed by atoms with Gasteiger partial charge in [-0.1, -0.05) is 19.8 Å². The fourth-order valence-corrected chi connectivity index (χ4v) is 4.40. The first-order chi connectivity index (χ1) is 11.0. The molecule has 0 bridgehead atoms. The number of guanidine groups is 1. The van der Waals surface area contributed by atoms with Crippen molar-refractivity contribution < 1.29 is 0 Å². The lowest BCUT2D eigenvalue weighted by molar-refractivity contribution is 0.250. The number of hydrogen-bond acceptors (Lipinski definition) is 3. The van der Waals surface area contributed by atoms with Gasteiger partial charge in [0.15, 0.2) is 5.96 Å². The Bertz CT molecular complexity index is 521. The third-order valence-corrected chi connectivity index (χ3v) is 6.01. The van der Waals surface area contributed by atoms with Crippen LogP contribution >= 0.6 is 35.3 Å². The molecule has 1 aliphatic rings. The van der Waals surface area contributed by atoms with Crippen LogP contribution in [0.25, 0.3) is 0 Å². The van der Waals surface area contributed by atoms with Crippen LogP contribution in [0.5, 0.6) is 0 Å². The van der Waals surface area contributed by atoms with Crippen molar-refractivity contribution in [1.82, 2.24) is 15.2 Å². The Labute approximate surface area is 168 Å². The lowest BCUT2D eigenvalue weighted by Gasteiger charge is -2.31. The molecule has 1 aromatic heterocycles. The molecule has 6 heteroatoms. The molecule has 0 atom stereocenters. The first-order valence-corrected chi connectivity index (χ1v) is 9.66. The van der Waals surface area contributed by atoms with Crippen molar-refractivity contribution in [2.45, 2.75) is 52.9 Å². The summed E-state index contributed by atoms with van der Waals surface area (Å²) in [5, 5.41) is 4.67. The zero-order chi connectivity index (χ0) is 16.8. The summed E-state index contributed by atoms with van der Waals surface area (Å²) in [5.74, 6) is 2.75. The molecule has 0 aromatic carbocycles. The summed E-state index contributed by atoms with van der Waals surface area (Å²) < 4.78 is 0. The number of aliphatic imine (C=N–C) groups is 1. The van der Waals surface area contributed by atoms with E-state index >= 15 is 0 Å². The van der Waals surface area contributed by atoms with Gasteiger partial charge in [-0.25, -0.2) is 4.98 Å². The molecule has 1 heterocycles. The van der Waals surface area contributed by atoms with Crippen LogP contribution in [0.1, 0.15) is 48.2 Å². The molecule has 1 aliphatic carbocycles. The molecule has 0 aliphatic heterocycles. The van der Waals surface area contributed by atoms with E-state index in [0.717, 1.165) is 42.3 Å². The second-order valence-corrected chi connectivity index (χ2v) is 8.26. The zero-order valence-corrected chi connectivity index (χ0v) is 18.9. The summed E-state index contributed by atoms with van der Waals surface area (Å²) in [6, 6.07) is 0. The van der Waals surface area contributed by atoms with Crippen molar-refractivity contribution in [3.63, 3.8) is 0 Å². The van der Waals surface area contributed by atoms with Gasteiger partial charge in [0.25, 0.3) is 0 Å². The van der Waals surface area contributed by atoms with Gasteiger partial charge in [-0.2, -0.15) is 0 Å². The van der Waals surface area contributed by atoms with Gasteiger partial charge in [-0.05, 0) is 38.5 Å². The van der Waals surface area contributed by atoms with Gasteiger partial charge >= 0.3 is 0 Å². The second kappa shape index (κ2) is 10.6. The van der Waals surface area contributed by atoms with E-state index in [0.29, 0.717) is 0 Å². The Morgan fingerprint density at radius 2 is 1.96 bits per heavy atom. The molecular formula is C18H33IN4S. The van der Waals surface area contributed by atoms with E-state index < -0.39 is 0 Å². The molecule has 1 saturated carbocycles. The monoisotopic (exact) mass is 464 g/mol. The third-order valence-electron chi connectivity index (χ3n) is 4.88. The molecule has 138 valence electrons. The molecule has 0 unspecified atom stereocenters. The van der Waals surface area contributed by atoms with Gasteiger partial charge < -0.3 is 10.2 Å². The van der Waals surface area contributed by atoms with E-state index in [2.05, 4.69) is 48.0 Å². The lowest BCUT2D eigenvalue weighted by Crippen LogP contribution is -2.42. The Kier molecular flexibility index (Phi) is 9.56. The molecule has 0 radical (unpaired) electrons. The van der Waals surface area contributed by atoms with Gasteiger partial charge in [0.1, 0.15) is 0 Å². The molecule has 1 N–H and O–H groups in total. The highest BCUT2D eigenvalue weighted by molar-refractivity contribution is 14.0. The molecule has 1 aromatic rings. The minimum atomic E-state index is 0. The number of aromatic nitrogens is 1. The topological polar surface area (TPSA) is 40.5 Å². The Morgan fingerprint density at radius 1 is 1.29 bits per heavy atom. The number of halogens is 1. The number of hydrogen-bond donors (Lipinski definition) is 1. The van der Waals surface area contributed by atoms with Crippen molar-refractivity contribution >= 4 is 41.3 Å². The van der Waals surface area contributed by atoms with Gasteiger partial charge in [0, 0.05) is 38.5 Å². The first kappa shape index (κ1) is 21.7. The van der Waals surface area contributed by atoms with Crippen LogP contribution in [-0.4, -0.2) is 43.0 Å². The van der Waals surface area contributed by atoms with Crippen molar-refractivity contribution in [3.8, 4) is 0 Å². The molecule has 4 nitrogen and oxygen atoms in total. The average molecular weight is 464 g/mol. The predicted octanol–water partition coefficient (Wildman–Crippen LogP) is 4.25. The quantitative estimate of drug-likeness (QED) is 0.402. The average Bonchev–Trinajstić information content (AvgIpc) is 2.84. The fourth-order valence-electron chi connectivity index (χ4n) is 3.46. The Hall–Kier alpha value is -0.370. The number of nitrogens with zero attached hydrogens (tertiary/aromatic N) is 3. The normalized spacial score (nSPS) is 21.3. The highest BCUT2D eigenvalue weighted by atomic mass is 127. The number of nitrogens with one attached hydrogen (secondary N) is 1. The molecule has 1 fully saturated rings. The number of aryl methyl sites for hydroxylation is 2. The van der Waals surface area contributed by atoms with Gasteiger partial charge in [-0.15, -0.1) is 35.3 Å².